The number of aryl methyl sites for hydroxylation is 2. The van der Waals surface area contributed by atoms with Crippen LogP contribution in [0.25, 0.3) is 0 Å². The first-order valence-corrected chi connectivity index (χ1v) is 7.62. The Morgan fingerprint density at radius 3 is 2.58 bits per heavy atom. The van der Waals surface area contributed by atoms with Crippen LogP contribution in [0.15, 0.2) is 12.3 Å². The number of amides is 1. The number of carbonyl (C=O) groups excluding carboxylic acids is 1. The van der Waals surface area contributed by atoms with E-state index >= 15 is 0 Å². The second kappa shape index (κ2) is 7.25. The highest BCUT2D eigenvalue weighted by molar-refractivity contribution is 6.31. The zero-order valence-corrected chi connectivity index (χ0v) is 13.9. The third kappa shape index (κ3) is 4.50. The van der Waals surface area contributed by atoms with Gasteiger partial charge in [0.25, 0.3) is 0 Å². The Labute approximate surface area is 141 Å². The first-order valence-electron chi connectivity index (χ1n) is 7.24. The monoisotopic (exact) mass is 363 g/mol. The number of alkyl halides is 3. The highest BCUT2D eigenvalue weighted by atomic mass is 35.5. The molecule has 0 aliphatic heterocycles. The lowest BCUT2D eigenvalue weighted by Crippen LogP contribution is -2.29. The van der Waals surface area contributed by atoms with Crippen molar-refractivity contribution in [1.29, 1.82) is 0 Å². The van der Waals surface area contributed by atoms with E-state index in [0.717, 1.165) is 6.07 Å². The number of nitrogens with zero attached hydrogens (tertiary/aromatic N) is 4. The number of rotatable bonds is 6. The molecule has 2 heterocycles. The fourth-order valence-electron chi connectivity index (χ4n) is 2.11. The number of aromatic nitrogens is 4. The summed E-state index contributed by atoms with van der Waals surface area (Å²) in [6.45, 7) is 3.96. The molecule has 0 radical (unpaired) electrons. The van der Waals surface area contributed by atoms with Gasteiger partial charge in [-0.15, -0.1) is 0 Å². The van der Waals surface area contributed by atoms with Crippen molar-refractivity contribution in [3.63, 3.8) is 0 Å². The molecule has 0 bridgehead atoms. The standard InChI is InChI=1S/C14H17ClF3N5O/c1-9-6-12(14(16,17)18)21-22(9)5-3-4-19-13(24)8-23-10(2)11(15)7-20-23/h6-7H,3-5,8H2,1-2H3,(H,19,24). The molecule has 2 aromatic rings. The number of hydrogen-bond donors (Lipinski definition) is 1. The second-order valence-corrected chi connectivity index (χ2v) is 5.74. The maximum atomic E-state index is 12.6. The van der Waals surface area contributed by atoms with Gasteiger partial charge in [0.2, 0.25) is 5.91 Å². The van der Waals surface area contributed by atoms with Crippen LogP contribution in [-0.2, 0) is 24.1 Å². The van der Waals surface area contributed by atoms with Crippen molar-refractivity contribution in [1.82, 2.24) is 24.9 Å². The third-order valence-electron chi connectivity index (χ3n) is 3.48. The van der Waals surface area contributed by atoms with Crippen LogP contribution in [0.3, 0.4) is 0 Å². The van der Waals surface area contributed by atoms with E-state index in [1.807, 2.05) is 0 Å². The minimum Gasteiger partial charge on any atom is -0.354 e. The van der Waals surface area contributed by atoms with Gasteiger partial charge in [0, 0.05) is 18.8 Å². The van der Waals surface area contributed by atoms with Gasteiger partial charge >= 0.3 is 6.18 Å². The summed E-state index contributed by atoms with van der Waals surface area (Å²) in [4.78, 5) is 11.8. The Balaban J connectivity index is 1.78. The van der Waals surface area contributed by atoms with E-state index in [1.54, 1.807) is 13.8 Å². The number of carbonyl (C=O) groups is 1. The lowest BCUT2D eigenvalue weighted by atomic mass is 10.3. The molecule has 1 N–H and O–H groups in total. The number of halogens is 4. The molecule has 6 nitrogen and oxygen atoms in total. The zero-order valence-electron chi connectivity index (χ0n) is 13.2. The van der Waals surface area contributed by atoms with Crippen molar-refractivity contribution < 1.29 is 18.0 Å². The van der Waals surface area contributed by atoms with Crippen LogP contribution in [0.5, 0.6) is 0 Å². The number of nitrogens with one attached hydrogen (secondary N) is 1. The van der Waals surface area contributed by atoms with Crippen molar-refractivity contribution >= 4 is 17.5 Å². The second-order valence-electron chi connectivity index (χ2n) is 5.33. The maximum Gasteiger partial charge on any atom is 0.435 e. The molecule has 1 amide bonds. The Hall–Kier alpha value is -2.03. The largest absolute Gasteiger partial charge is 0.435 e. The van der Waals surface area contributed by atoms with Crippen molar-refractivity contribution in [3.05, 3.63) is 34.4 Å². The van der Waals surface area contributed by atoms with Crippen LogP contribution in [0.1, 0.15) is 23.5 Å². The first kappa shape index (κ1) is 18.3. The molecule has 10 heteroatoms. The molecule has 0 aromatic carbocycles. The Morgan fingerprint density at radius 2 is 2.04 bits per heavy atom. The quantitative estimate of drug-likeness (QED) is 0.802. The van der Waals surface area contributed by atoms with Gasteiger partial charge in [-0.1, -0.05) is 11.6 Å². The van der Waals surface area contributed by atoms with Gasteiger partial charge in [-0.3, -0.25) is 14.2 Å². The average Bonchev–Trinajstić information content (AvgIpc) is 3.01. The van der Waals surface area contributed by atoms with E-state index in [-0.39, 0.29) is 19.0 Å². The van der Waals surface area contributed by atoms with E-state index in [2.05, 4.69) is 15.5 Å². The molecule has 0 unspecified atom stereocenters. The minimum atomic E-state index is -4.45. The minimum absolute atomic E-state index is 0.0393. The fraction of sp³-hybridized carbons (Fsp3) is 0.500. The molecule has 24 heavy (non-hydrogen) atoms. The average molecular weight is 364 g/mol. The van der Waals surface area contributed by atoms with Gasteiger partial charge < -0.3 is 5.32 Å². The summed E-state index contributed by atoms with van der Waals surface area (Å²) in [7, 11) is 0. The molecular weight excluding hydrogens is 347 g/mol. The Kier molecular flexibility index (Phi) is 5.53. The summed E-state index contributed by atoms with van der Waals surface area (Å²) in [6.07, 6.45) is -2.53. The molecule has 0 atom stereocenters. The SMILES string of the molecule is Cc1cc(C(F)(F)F)nn1CCCNC(=O)Cn1ncc(Cl)c1C. The van der Waals surface area contributed by atoms with Crippen molar-refractivity contribution in [2.45, 2.75) is 39.5 Å². The van der Waals surface area contributed by atoms with Gasteiger partial charge in [-0.05, 0) is 26.3 Å². The van der Waals surface area contributed by atoms with Gasteiger partial charge in [-0.25, -0.2) is 0 Å². The molecule has 0 spiro atoms. The predicted molar refractivity (Wildman–Crippen MR) is 81.6 cm³/mol. The molecule has 0 fully saturated rings. The molecule has 2 rings (SSSR count). The predicted octanol–water partition coefficient (Wildman–Crippen LogP) is 2.58. The molecule has 2 aromatic heterocycles. The van der Waals surface area contributed by atoms with Crippen LogP contribution >= 0.6 is 11.6 Å². The van der Waals surface area contributed by atoms with Crippen molar-refractivity contribution in [3.8, 4) is 0 Å². The van der Waals surface area contributed by atoms with Crippen LogP contribution < -0.4 is 5.32 Å². The maximum absolute atomic E-state index is 12.6. The zero-order chi connectivity index (χ0) is 17.9. The molecular formula is C14H17ClF3N5O. The summed E-state index contributed by atoms with van der Waals surface area (Å²) >= 11 is 5.85. The topological polar surface area (TPSA) is 64.7 Å². The van der Waals surface area contributed by atoms with E-state index in [1.165, 1.54) is 15.6 Å². The Morgan fingerprint density at radius 1 is 1.33 bits per heavy atom. The Bertz CT molecular complexity index is 723. The smallest absolute Gasteiger partial charge is 0.354 e. The van der Waals surface area contributed by atoms with Crippen LogP contribution in [0, 0.1) is 13.8 Å². The van der Waals surface area contributed by atoms with Gasteiger partial charge in [-0.2, -0.15) is 23.4 Å². The van der Waals surface area contributed by atoms with Gasteiger partial charge in [0.15, 0.2) is 5.69 Å². The van der Waals surface area contributed by atoms with Crippen LogP contribution in [0.4, 0.5) is 13.2 Å². The van der Waals surface area contributed by atoms with Gasteiger partial charge in [0.1, 0.15) is 6.54 Å². The van der Waals surface area contributed by atoms with Gasteiger partial charge in [0.05, 0.1) is 16.9 Å². The fourth-order valence-corrected chi connectivity index (χ4v) is 2.25. The lowest BCUT2D eigenvalue weighted by Gasteiger charge is -2.08. The normalized spacial score (nSPS) is 11.8. The summed E-state index contributed by atoms with van der Waals surface area (Å²) in [5.41, 5.74) is 0.212. The van der Waals surface area contributed by atoms with E-state index < -0.39 is 11.9 Å². The van der Waals surface area contributed by atoms with E-state index in [0.29, 0.717) is 29.4 Å². The first-order chi connectivity index (χ1) is 11.2. The molecule has 0 saturated carbocycles. The third-order valence-corrected chi connectivity index (χ3v) is 3.85. The summed E-state index contributed by atoms with van der Waals surface area (Å²) in [5.74, 6) is -0.244. The summed E-state index contributed by atoms with van der Waals surface area (Å²) in [5, 5.41) is 10.7. The highest BCUT2D eigenvalue weighted by Gasteiger charge is 2.34. The lowest BCUT2D eigenvalue weighted by molar-refractivity contribution is -0.141. The highest BCUT2D eigenvalue weighted by Crippen LogP contribution is 2.28. The molecule has 0 saturated heterocycles. The molecule has 0 aliphatic carbocycles. The summed E-state index contributed by atoms with van der Waals surface area (Å²) in [6, 6.07) is 1.00. The number of hydrogen-bond acceptors (Lipinski definition) is 3. The van der Waals surface area contributed by atoms with Crippen molar-refractivity contribution in [2.24, 2.45) is 0 Å². The van der Waals surface area contributed by atoms with Crippen LogP contribution in [-0.4, -0.2) is 32.0 Å². The molecule has 0 aliphatic rings. The van der Waals surface area contributed by atoms with Crippen molar-refractivity contribution in [2.75, 3.05) is 6.54 Å². The van der Waals surface area contributed by atoms with Crippen LogP contribution in [0.2, 0.25) is 5.02 Å². The van der Waals surface area contributed by atoms with E-state index in [4.69, 9.17) is 11.6 Å². The van der Waals surface area contributed by atoms with E-state index in [9.17, 15) is 18.0 Å². The summed E-state index contributed by atoms with van der Waals surface area (Å²) < 4.78 is 40.5. The molecule has 132 valence electrons.